The van der Waals surface area contributed by atoms with Crippen molar-refractivity contribution < 1.29 is 52.1 Å². The third-order valence-electron chi connectivity index (χ3n) is 14.3. The number of rotatable bonds is 12. The summed E-state index contributed by atoms with van der Waals surface area (Å²) < 4.78 is 30.7. The first-order valence-electron chi connectivity index (χ1n) is 23.1. The second kappa shape index (κ2) is 19.5. The van der Waals surface area contributed by atoms with Gasteiger partial charge in [-0.1, -0.05) is 6.07 Å². The quantitative estimate of drug-likeness (QED) is 0.0978. The molecule has 8 rings (SSSR count). The Hall–Kier alpha value is -4.91. The molecule has 0 aliphatic heterocycles. The molecule has 4 aliphatic rings. The van der Waals surface area contributed by atoms with Crippen molar-refractivity contribution in [3.8, 4) is 22.3 Å². The molecule has 4 aliphatic carbocycles. The minimum absolute atomic E-state index is 0.0396. The summed E-state index contributed by atoms with van der Waals surface area (Å²) >= 11 is 1.30. The summed E-state index contributed by atoms with van der Waals surface area (Å²) in [7, 11) is 0. The molecule has 336 valence electrons. The van der Waals surface area contributed by atoms with Crippen LogP contribution in [0.5, 0.6) is 11.5 Å². The third-order valence-corrected chi connectivity index (χ3v) is 15.4. The van der Waals surface area contributed by atoms with Crippen LogP contribution in [0.3, 0.4) is 0 Å². The van der Waals surface area contributed by atoms with E-state index >= 15 is 0 Å². The fourth-order valence-corrected chi connectivity index (χ4v) is 11.2. The number of carbonyl (C=O) groups is 6. The molecule has 0 amide bonds. The van der Waals surface area contributed by atoms with Crippen molar-refractivity contribution >= 4 is 68.0 Å². The number of aromatic nitrogens is 1. The Morgan fingerprint density at radius 1 is 0.619 bits per heavy atom. The summed E-state index contributed by atoms with van der Waals surface area (Å²) in [6, 6.07) is 9.32. The number of nitrogens with zero attached hydrogens (tertiary/aromatic N) is 1. The zero-order valence-electron chi connectivity index (χ0n) is 36.9. The molecule has 13 heteroatoms. The van der Waals surface area contributed by atoms with Crippen LogP contribution in [0.2, 0.25) is 0 Å². The monoisotopic (exact) mass is 881 g/mol. The summed E-state index contributed by atoms with van der Waals surface area (Å²) in [5.74, 6) is -0.376. The lowest BCUT2D eigenvalue weighted by molar-refractivity contribution is -0.158. The lowest BCUT2D eigenvalue weighted by Gasteiger charge is -2.30. The standard InChI is InChI=1S/C50H59NO11S/c1-27-23-28(2)39-25-43(60-42(39)24-27)46-51-44-40(61-49(56)35-7-5-31(6-8-35)26-58-47(54)34-13-9-32(10-14-34)29(3)52)21-22-41(45(44)63-46)62-50(57)37-17-19-38(20-18-37)59-48(55)36-15-11-33(12-16-36)30(4)53/h21-25,31-38H,5-20,26H2,1-4H3. The van der Waals surface area contributed by atoms with Crippen LogP contribution in [-0.4, -0.2) is 53.1 Å². The predicted molar refractivity (Wildman–Crippen MR) is 236 cm³/mol. The Kier molecular flexibility index (Phi) is 13.8. The van der Waals surface area contributed by atoms with E-state index in [1.165, 1.54) is 11.3 Å². The number of esters is 4. The minimum atomic E-state index is -0.376. The van der Waals surface area contributed by atoms with E-state index in [9.17, 15) is 28.8 Å². The van der Waals surface area contributed by atoms with Crippen molar-refractivity contribution in [1.82, 2.24) is 4.98 Å². The van der Waals surface area contributed by atoms with E-state index in [1.54, 1.807) is 26.0 Å². The second-order valence-electron chi connectivity index (χ2n) is 18.8. The van der Waals surface area contributed by atoms with Gasteiger partial charge in [0.2, 0.25) is 0 Å². The highest BCUT2D eigenvalue weighted by atomic mass is 32.1. The highest BCUT2D eigenvalue weighted by molar-refractivity contribution is 7.22. The predicted octanol–water partition coefficient (Wildman–Crippen LogP) is 10.4. The zero-order chi connectivity index (χ0) is 44.4. The summed E-state index contributed by atoms with van der Waals surface area (Å²) in [6.45, 7) is 7.61. The average molecular weight is 882 g/mol. The lowest BCUT2D eigenvalue weighted by Crippen LogP contribution is -2.33. The molecule has 4 aromatic rings. The van der Waals surface area contributed by atoms with Gasteiger partial charge in [-0.2, -0.15) is 0 Å². The first-order valence-corrected chi connectivity index (χ1v) is 23.9. The summed E-state index contributed by atoms with van der Waals surface area (Å²) in [5.41, 5.74) is 3.29. The van der Waals surface area contributed by atoms with E-state index < -0.39 is 0 Å². The molecule has 2 aromatic carbocycles. The first-order chi connectivity index (χ1) is 30.3. The molecule has 12 nitrogen and oxygen atoms in total. The van der Waals surface area contributed by atoms with Gasteiger partial charge in [-0.3, -0.25) is 28.8 Å². The maximum atomic E-state index is 13.7. The largest absolute Gasteiger partial charge is 0.465 e. The van der Waals surface area contributed by atoms with Crippen molar-refractivity contribution in [2.45, 2.75) is 137 Å². The van der Waals surface area contributed by atoms with Crippen LogP contribution in [0.25, 0.3) is 32.0 Å². The molecule has 0 N–H and O–H groups in total. The number of Topliss-reactive ketones (excluding diaryl/α,β-unsaturated/α-hetero) is 2. The number of ketones is 2. The summed E-state index contributed by atoms with van der Waals surface area (Å²) in [5, 5.41) is 1.52. The van der Waals surface area contributed by atoms with Gasteiger partial charge in [-0.25, -0.2) is 4.98 Å². The molecule has 2 aromatic heterocycles. The Labute approximate surface area is 372 Å². The SMILES string of the molecule is CC(=O)C1CCC(C(=O)OCC2CCC(C(=O)Oc3ccc(OC(=O)C4CCC(OC(=O)C5CCC(C(C)=O)CC5)CC4)c4sc(-c5cc6c(C)cc(C)cc6o5)nc34)CC2)CC1. The van der Waals surface area contributed by atoms with Crippen LogP contribution in [0.1, 0.15) is 128 Å². The van der Waals surface area contributed by atoms with E-state index in [1.807, 2.05) is 26.0 Å². The number of carbonyl (C=O) groups excluding carboxylic acids is 6. The number of benzene rings is 2. The van der Waals surface area contributed by atoms with Gasteiger partial charge in [0, 0.05) is 17.2 Å². The Bertz CT molecular complexity index is 2360. The van der Waals surface area contributed by atoms with Gasteiger partial charge in [0.05, 0.1) is 30.3 Å². The number of fused-ring (bicyclic) bond motifs is 2. The minimum Gasteiger partial charge on any atom is -0.465 e. The van der Waals surface area contributed by atoms with Crippen molar-refractivity contribution in [3.05, 3.63) is 41.5 Å². The second-order valence-corrected chi connectivity index (χ2v) is 19.8. The number of ether oxygens (including phenoxy) is 4. The van der Waals surface area contributed by atoms with Crippen molar-refractivity contribution in [2.75, 3.05) is 6.61 Å². The summed E-state index contributed by atoms with van der Waals surface area (Å²) in [4.78, 5) is 81.6. The van der Waals surface area contributed by atoms with Crippen molar-refractivity contribution in [3.63, 3.8) is 0 Å². The van der Waals surface area contributed by atoms with Crippen LogP contribution < -0.4 is 9.47 Å². The maximum Gasteiger partial charge on any atom is 0.314 e. The van der Waals surface area contributed by atoms with Crippen LogP contribution in [-0.2, 0) is 38.2 Å². The smallest absolute Gasteiger partial charge is 0.314 e. The fourth-order valence-electron chi connectivity index (χ4n) is 10.2. The number of thiazole rings is 1. The maximum absolute atomic E-state index is 13.7. The van der Waals surface area contributed by atoms with E-state index in [0.717, 1.165) is 60.6 Å². The Morgan fingerprint density at radius 3 is 1.73 bits per heavy atom. The van der Waals surface area contributed by atoms with Gasteiger partial charge in [-0.05, 0) is 172 Å². The molecule has 0 spiro atoms. The lowest BCUT2D eigenvalue weighted by atomic mass is 9.80. The summed E-state index contributed by atoms with van der Waals surface area (Å²) in [6.07, 6.45) is 10.2. The third kappa shape index (κ3) is 10.4. The fraction of sp³-hybridized carbons (Fsp3) is 0.580. The molecule has 0 atom stereocenters. The van der Waals surface area contributed by atoms with Crippen molar-refractivity contribution in [1.29, 1.82) is 0 Å². The average Bonchev–Trinajstić information content (AvgIpc) is 3.93. The first kappa shape index (κ1) is 44.7. The number of furan rings is 1. The van der Waals surface area contributed by atoms with E-state index in [2.05, 4.69) is 6.07 Å². The van der Waals surface area contributed by atoms with Gasteiger partial charge in [-0.15, -0.1) is 11.3 Å². The topological polar surface area (TPSA) is 165 Å². The van der Waals surface area contributed by atoms with Crippen LogP contribution in [0.4, 0.5) is 0 Å². The van der Waals surface area contributed by atoms with E-state index in [-0.39, 0.29) is 88.7 Å². The van der Waals surface area contributed by atoms with E-state index in [0.29, 0.717) is 97.5 Å². The molecule has 4 fully saturated rings. The highest BCUT2D eigenvalue weighted by Gasteiger charge is 2.36. The number of aryl methyl sites for hydroxylation is 2. The molecular formula is C50H59NO11S. The molecular weight excluding hydrogens is 823 g/mol. The number of hydrogen-bond acceptors (Lipinski definition) is 13. The van der Waals surface area contributed by atoms with Gasteiger partial charge < -0.3 is 23.4 Å². The van der Waals surface area contributed by atoms with Gasteiger partial charge in [0.25, 0.3) is 0 Å². The molecule has 0 saturated heterocycles. The van der Waals surface area contributed by atoms with Crippen molar-refractivity contribution in [2.24, 2.45) is 41.4 Å². The highest BCUT2D eigenvalue weighted by Crippen LogP contribution is 2.44. The molecule has 4 saturated carbocycles. The van der Waals surface area contributed by atoms with E-state index in [4.69, 9.17) is 28.3 Å². The Balaban J connectivity index is 0.906. The van der Waals surface area contributed by atoms with Gasteiger partial charge in [0.1, 0.15) is 33.5 Å². The van der Waals surface area contributed by atoms with Crippen LogP contribution >= 0.6 is 11.3 Å². The molecule has 63 heavy (non-hydrogen) atoms. The van der Waals surface area contributed by atoms with Crippen LogP contribution in [0, 0.1) is 55.3 Å². The Morgan fingerprint density at radius 2 is 1.13 bits per heavy atom. The van der Waals surface area contributed by atoms with Gasteiger partial charge in [0.15, 0.2) is 22.3 Å². The van der Waals surface area contributed by atoms with Gasteiger partial charge >= 0.3 is 23.9 Å². The number of hydrogen-bond donors (Lipinski definition) is 0. The molecule has 0 bridgehead atoms. The molecule has 0 radical (unpaired) electrons. The molecule has 0 unspecified atom stereocenters. The normalized spacial score (nSPS) is 26.5. The van der Waals surface area contributed by atoms with Crippen LogP contribution in [0.15, 0.2) is 34.7 Å². The zero-order valence-corrected chi connectivity index (χ0v) is 37.7. The molecule has 2 heterocycles.